The number of aromatic nitrogens is 1. The number of nitrogens with one attached hydrogen (secondary N) is 2. The number of Topliss-reactive ketones (excluding diaryl/α,β-unsaturated/α-hetero) is 1. The molecule has 25 heavy (non-hydrogen) atoms. The molecule has 0 saturated carbocycles. The Morgan fingerprint density at radius 3 is 2.96 bits per heavy atom. The van der Waals surface area contributed by atoms with Crippen molar-refractivity contribution in [2.75, 3.05) is 20.3 Å². The lowest BCUT2D eigenvalue weighted by molar-refractivity contribution is 0.0947. The van der Waals surface area contributed by atoms with Crippen LogP contribution in [0.5, 0.6) is 0 Å². The molecular formula is C18H20N2O5. The van der Waals surface area contributed by atoms with Crippen LogP contribution < -0.4 is 10.9 Å². The van der Waals surface area contributed by atoms with Gasteiger partial charge in [0.15, 0.2) is 5.78 Å². The number of amides is 1. The third-order valence-corrected chi connectivity index (χ3v) is 4.31. The number of pyridine rings is 1. The first kappa shape index (κ1) is 17.2. The molecule has 0 aromatic carbocycles. The Morgan fingerprint density at radius 2 is 2.24 bits per heavy atom. The molecule has 0 fully saturated rings. The van der Waals surface area contributed by atoms with E-state index < -0.39 is 11.5 Å². The first-order valence-electron chi connectivity index (χ1n) is 8.20. The highest BCUT2D eigenvalue weighted by atomic mass is 16.5. The van der Waals surface area contributed by atoms with Gasteiger partial charge in [0.05, 0.1) is 6.26 Å². The molecule has 0 bridgehead atoms. The lowest BCUT2D eigenvalue weighted by atomic mass is 9.84. The molecule has 7 heteroatoms. The number of fused-ring (bicyclic) bond motifs is 1. The summed E-state index contributed by atoms with van der Waals surface area (Å²) in [6.07, 6.45) is 3.00. The number of carbonyl (C=O) groups is 2. The van der Waals surface area contributed by atoms with Crippen LogP contribution >= 0.6 is 0 Å². The quantitative estimate of drug-likeness (QED) is 0.776. The number of carbonyl (C=O) groups excluding carboxylic acids is 2. The van der Waals surface area contributed by atoms with Crippen molar-refractivity contribution in [1.29, 1.82) is 0 Å². The van der Waals surface area contributed by atoms with E-state index in [1.54, 1.807) is 19.4 Å². The van der Waals surface area contributed by atoms with Crippen LogP contribution in [0.4, 0.5) is 0 Å². The Labute approximate surface area is 144 Å². The minimum atomic E-state index is -0.490. The molecule has 7 nitrogen and oxygen atoms in total. The molecule has 1 unspecified atom stereocenters. The van der Waals surface area contributed by atoms with Crippen LogP contribution in [-0.4, -0.2) is 36.9 Å². The summed E-state index contributed by atoms with van der Waals surface area (Å²) in [4.78, 5) is 39.6. The van der Waals surface area contributed by atoms with Gasteiger partial charge in [-0.3, -0.25) is 14.4 Å². The van der Waals surface area contributed by atoms with Gasteiger partial charge >= 0.3 is 0 Å². The molecule has 0 spiro atoms. The van der Waals surface area contributed by atoms with Crippen molar-refractivity contribution in [1.82, 2.24) is 10.3 Å². The third kappa shape index (κ3) is 3.71. The number of aromatic amines is 1. The van der Waals surface area contributed by atoms with Crippen LogP contribution in [-0.2, 0) is 11.2 Å². The van der Waals surface area contributed by atoms with Crippen molar-refractivity contribution in [3.8, 4) is 0 Å². The molecule has 2 aromatic heterocycles. The summed E-state index contributed by atoms with van der Waals surface area (Å²) in [5.74, 6) is 0.0348. The van der Waals surface area contributed by atoms with Gasteiger partial charge in [-0.05, 0) is 31.0 Å². The van der Waals surface area contributed by atoms with Crippen molar-refractivity contribution < 1.29 is 18.7 Å². The highest BCUT2D eigenvalue weighted by Crippen LogP contribution is 2.31. The summed E-state index contributed by atoms with van der Waals surface area (Å²) in [6, 6.07) is 5.00. The molecule has 0 radical (unpaired) electrons. The summed E-state index contributed by atoms with van der Waals surface area (Å²) in [6.45, 7) is 0.922. The second-order valence-electron chi connectivity index (χ2n) is 6.05. The smallest absolute Gasteiger partial charge is 0.261 e. The lowest BCUT2D eigenvalue weighted by Gasteiger charge is -2.22. The number of hydrogen-bond acceptors (Lipinski definition) is 5. The van der Waals surface area contributed by atoms with E-state index in [0.29, 0.717) is 43.7 Å². The Bertz CT molecular complexity index is 822. The van der Waals surface area contributed by atoms with Gasteiger partial charge in [0.2, 0.25) is 0 Å². The SMILES string of the molecule is COCCCNC(=O)c1cc2c([nH]c1=O)CC(c1ccco1)CC2=O. The molecule has 3 rings (SSSR count). The summed E-state index contributed by atoms with van der Waals surface area (Å²) < 4.78 is 10.3. The average molecular weight is 344 g/mol. The van der Waals surface area contributed by atoms with E-state index in [2.05, 4.69) is 10.3 Å². The average Bonchev–Trinajstić information content (AvgIpc) is 3.12. The molecule has 1 aliphatic carbocycles. The number of ether oxygens (including phenoxy) is 1. The zero-order valence-corrected chi connectivity index (χ0v) is 14.0. The van der Waals surface area contributed by atoms with Gasteiger partial charge in [0.25, 0.3) is 11.5 Å². The van der Waals surface area contributed by atoms with Crippen LogP contribution in [0.3, 0.4) is 0 Å². The highest BCUT2D eigenvalue weighted by Gasteiger charge is 2.30. The molecular weight excluding hydrogens is 324 g/mol. The minimum Gasteiger partial charge on any atom is -0.469 e. The molecule has 0 saturated heterocycles. The Kier molecular flexibility index (Phi) is 5.14. The summed E-state index contributed by atoms with van der Waals surface area (Å²) >= 11 is 0. The van der Waals surface area contributed by atoms with Crippen LogP contribution in [0, 0.1) is 0 Å². The minimum absolute atomic E-state index is 0.0408. The molecule has 1 aliphatic rings. The van der Waals surface area contributed by atoms with Gasteiger partial charge in [0, 0.05) is 43.9 Å². The number of ketones is 1. The van der Waals surface area contributed by atoms with Crippen molar-refractivity contribution >= 4 is 11.7 Å². The fourth-order valence-corrected chi connectivity index (χ4v) is 3.04. The number of hydrogen-bond donors (Lipinski definition) is 2. The molecule has 2 N–H and O–H groups in total. The lowest BCUT2D eigenvalue weighted by Crippen LogP contribution is -2.33. The van der Waals surface area contributed by atoms with Crippen LogP contribution in [0.25, 0.3) is 0 Å². The van der Waals surface area contributed by atoms with E-state index in [1.807, 2.05) is 6.07 Å². The molecule has 0 aliphatic heterocycles. The number of rotatable bonds is 6. The van der Waals surface area contributed by atoms with Crippen molar-refractivity contribution in [3.05, 3.63) is 57.4 Å². The highest BCUT2D eigenvalue weighted by molar-refractivity contribution is 6.02. The topological polar surface area (TPSA) is 101 Å². The van der Waals surface area contributed by atoms with Crippen LogP contribution in [0.1, 0.15) is 50.9 Å². The van der Waals surface area contributed by atoms with Crippen molar-refractivity contribution in [2.24, 2.45) is 0 Å². The Morgan fingerprint density at radius 1 is 1.40 bits per heavy atom. The molecule has 1 amide bonds. The van der Waals surface area contributed by atoms with Crippen molar-refractivity contribution in [2.45, 2.75) is 25.2 Å². The number of methoxy groups -OCH3 is 1. The van der Waals surface area contributed by atoms with Gasteiger partial charge in [-0.25, -0.2) is 0 Å². The fourth-order valence-electron chi connectivity index (χ4n) is 3.04. The zero-order valence-electron chi connectivity index (χ0n) is 14.0. The van der Waals surface area contributed by atoms with Crippen LogP contribution in [0.15, 0.2) is 33.7 Å². The largest absolute Gasteiger partial charge is 0.469 e. The van der Waals surface area contributed by atoms with Crippen LogP contribution in [0.2, 0.25) is 0 Å². The maximum atomic E-state index is 12.5. The molecule has 132 valence electrons. The summed E-state index contributed by atoms with van der Waals surface area (Å²) in [5.41, 5.74) is 0.430. The predicted octanol–water partition coefficient (Wildman–Crippen LogP) is 1.65. The zero-order chi connectivity index (χ0) is 17.8. The van der Waals surface area contributed by atoms with E-state index in [9.17, 15) is 14.4 Å². The summed E-state index contributed by atoms with van der Waals surface area (Å²) in [5, 5.41) is 2.66. The van der Waals surface area contributed by atoms with E-state index >= 15 is 0 Å². The summed E-state index contributed by atoms with van der Waals surface area (Å²) in [7, 11) is 1.58. The monoisotopic (exact) mass is 344 g/mol. The molecule has 1 atom stereocenters. The standard InChI is InChI=1S/C18H20N2O5/c1-24-6-3-5-19-17(22)13-10-12-14(20-18(13)23)8-11(9-15(12)21)16-4-2-7-25-16/h2,4,7,10-11H,3,5-6,8-9H2,1H3,(H,19,22)(H,20,23). The predicted molar refractivity (Wildman–Crippen MR) is 90.0 cm³/mol. The van der Waals surface area contributed by atoms with Crippen molar-refractivity contribution in [3.63, 3.8) is 0 Å². The van der Waals surface area contributed by atoms with E-state index in [0.717, 1.165) is 5.76 Å². The Hall–Kier alpha value is -2.67. The fraction of sp³-hybridized carbons (Fsp3) is 0.389. The third-order valence-electron chi connectivity index (χ3n) is 4.31. The Balaban J connectivity index is 1.80. The molecule has 2 aromatic rings. The number of H-pyrrole nitrogens is 1. The normalized spacial score (nSPS) is 16.5. The maximum Gasteiger partial charge on any atom is 0.261 e. The molecule has 2 heterocycles. The van der Waals surface area contributed by atoms with Gasteiger partial charge in [0.1, 0.15) is 11.3 Å². The van der Waals surface area contributed by atoms with E-state index in [4.69, 9.17) is 9.15 Å². The first-order valence-corrected chi connectivity index (χ1v) is 8.20. The van der Waals surface area contributed by atoms with Gasteiger partial charge in [-0.15, -0.1) is 0 Å². The van der Waals surface area contributed by atoms with Gasteiger partial charge in [-0.1, -0.05) is 0 Å². The second kappa shape index (κ2) is 7.48. The van der Waals surface area contributed by atoms with Gasteiger partial charge in [-0.2, -0.15) is 0 Å². The number of furan rings is 1. The second-order valence-corrected chi connectivity index (χ2v) is 6.05. The maximum absolute atomic E-state index is 12.5. The first-order chi connectivity index (χ1) is 12.1. The van der Waals surface area contributed by atoms with E-state index in [1.165, 1.54) is 6.07 Å². The van der Waals surface area contributed by atoms with Gasteiger partial charge < -0.3 is 19.5 Å². The van der Waals surface area contributed by atoms with E-state index in [-0.39, 0.29) is 17.3 Å².